The Morgan fingerprint density at radius 3 is 2.17 bits per heavy atom. The molecule has 3 heterocycles. The van der Waals surface area contributed by atoms with Crippen molar-refractivity contribution in [2.45, 2.75) is 6.92 Å². The number of piperazine rings is 2. The highest BCUT2D eigenvalue weighted by molar-refractivity contribution is 5.93. The number of hydrogen-bond donors (Lipinski definition) is 0. The van der Waals surface area contributed by atoms with Gasteiger partial charge >= 0.3 is 0 Å². The predicted molar refractivity (Wildman–Crippen MR) is 89.9 cm³/mol. The van der Waals surface area contributed by atoms with Crippen LogP contribution in [-0.4, -0.2) is 95.9 Å². The summed E-state index contributed by atoms with van der Waals surface area (Å²) in [7, 11) is 2.06. The molecule has 0 N–H and O–H groups in total. The average Bonchev–Trinajstić information content (AvgIpc) is 2.62. The minimum atomic E-state index is -0.0332. The van der Waals surface area contributed by atoms with Gasteiger partial charge in [0.05, 0.1) is 0 Å². The molecule has 0 aromatic carbocycles. The van der Waals surface area contributed by atoms with Crippen LogP contribution in [0, 0.1) is 0 Å². The van der Waals surface area contributed by atoms with Crippen LogP contribution in [0.3, 0.4) is 0 Å². The quantitative estimate of drug-likeness (QED) is 0.729. The second kappa shape index (κ2) is 7.12. The summed E-state index contributed by atoms with van der Waals surface area (Å²) in [6, 6.07) is 1.77. The Labute approximate surface area is 142 Å². The van der Waals surface area contributed by atoms with Crippen LogP contribution < -0.4 is 4.90 Å². The lowest BCUT2D eigenvalue weighted by Crippen LogP contribution is -2.48. The Morgan fingerprint density at radius 2 is 1.54 bits per heavy atom. The summed E-state index contributed by atoms with van der Waals surface area (Å²) in [6.45, 7) is 7.62. The highest BCUT2D eigenvalue weighted by atomic mass is 16.2. The Balaban J connectivity index is 1.66. The third-order valence-corrected chi connectivity index (χ3v) is 4.71. The van der Waals surface area contributed by atoms with Crippen LogP contribution in [0.25, 0.3) is 0 Å². The second-order valence-electron chi connectivity index (χ2n) is 6.35. The molecule has 2 saturated heterocycles. The number of rotatable bonds is 2. The molecule has 0 bridgehead atoms. The number of hydrogen-bond acceptors (Lipinski definition) is 6. The smallest absolute Gasteiger partial charge is 0.272 e. The van der Waals surface area contributed by atoms with Crippen molar-refractivity contribution < 1.29 is 9.59 Å². The fourth-order valence-electron chi connectivity index (χ4n) is 3.06. The monoisotopic (exact) mass is 332 g/mol. The van der Waals surface area contributed by atoms with Gasteiger partial charge in [0.1, 0.15) is 17.8 Å². The van der Waals surface area contributed by atoms with Crippen molar-refractivity contribution in [1.82, 2.24) is 24.7 Å². The Kier molecular flexibility index (Phi) is 4.94. The van der Waals surface area contributed by atoms with Crippen LogP contribution in [0.15, 0.2) is 12.4 Å². The molecular weight excluding hydrogens is 308 g/mol. The van der Waals surface area contributed by atoms with E-state index in [4.69, 9.17) is 0 Å². The van der Waals surface area contributed by atoms with Crippen molar-refractivity contribution in [1.29, 1.82) is 0 Å². The lowest BCUT2D eigenvalue weighted by molar-refractivity contribution is -0.129. The summed E-state index contributed by atoms with van der Waals surface area (Å²) in [6.07, 6.45) is 1.45. The third kappa shape index (κ3) is 3.64. The molecule has 2 amide bonds. The van der Waals surface area contributed by atoms with Crippen molar-refractivity contribution in [3.63, 3.8) is 0 Å². The van der Waals surface area contributed by atoms with E-state index in [0.29, 0.717) is 18.8 Å². The van der Waals surface area contributed by atoms with Gasteiger partial charge in [-0.3, -0.25) is 9.59 Å². The summed E-state index contributed by atoms with van der Waals surface area (Å²) < 4.78 is 0. The first-order valence-electron chi connectivity index (χ1n) is 8.35. The van der Waals surface area contributed by atoms with Crippen molar-refractivity contribution in [3.8, 4) is 0 Å². The largest absolute Gasteiger partial charge is 0.353 e. The van der Waals surface area contributed by atoms with E-state index in [1.165, 1.54) is 6.33 Å². The van der Waals surface area contributed by atoms with E-state index in [1.54, 1.807) is 13.0 Å². The van der Waals surface area contributed by atoms with E-state index in [-0.39, 0.29) is 11.8 Å². The zero-order valence-corrected chi connectivity index (χ0v) is 14.3. The van der Waals surface area contributed by atoms with Gasteiger partial charge in [0.15, 0.2) is 0 Å². The molecule has 130 valence electrons. The van der Waals surface area contributed by atoms with E-state index < -0.39 is 0 Å². The third-order valence-electron chi connectivity index (χ3n) is 4.71. The number of nitrogens with zero attached hydrogens (tertiary/aromatic N) is 6. The van der Waals surface area contributed by atoms with Gasteiger partial charge in [-0.2, -0.15) is 0 Å². The topological polar surface area (TPSA) is 72.9 Å². The maximum Gasteiger partial charge on any atom is 0.272 e. The normalized spacial score (nSPS) is 19.5. The first kappa shape index (κ1) is 16.6. The van der Waals surface area contributed by atoms with Crippen molar-refractivity contribution in [3.05, 3.63) is 18.1 Å². The van der Waals surface area contributed by atoms with Gasteiger partial charge < -0.3 is 19.6 Å². The number of carbonyl (C=O) groups excluding carboxylic acids is 2. The molecule has 8 heteroatoms. The van der Waals surface area contributed by atoms with Gasteiger partial charge in [-0.25, -0.2) is 9.97 Å². The standard InChI is InChI=1S/C16H24N6O2/c1-13(23)20-7-9-21(10-8-20)15-11-14(17-12-18-15)16(24)22-5-3-19(2)4-6-22/h11-12H,3-10H2,1-2H3. The van der Waals surface area contributed by atoms with Crippen molar-refractivity contribution in [2.24, 2.45) is 0 Å². The fourth-order valence-corrected chi connectivity index (χ4v) is 3.06. The lowest BCUT2D eigenvalue weighted by atomic mass is 10.2. The molecule has 0 aliphatic carbocycles. The van der Waals surface area contributed by atoms with Gasteiger partial charge in [0.25, 0.3) is 5.91 Å². The molecule has 2 fully saturated rings. The van der Waals surface area contributed by atoms with Crippen LogP contribution in [0.1, 0.15) is 17.4 Å². The van der Waals surface area contributed by atoms with E-state index in [9.17, 15) is 9.59 Å². The molecule has 1 aromatic rings. The molecule has 0 saturated carbocycles. The predicted octanol–water partition coefficient (Wildman–Crippen LogP) is -0.467. The molecule has 8 nitrogen and oxygen atoms in total. The summed E-state index contributed by atoms with van der Waals surface area (Å²) in [5.74, 6) is 0.822. The number of likely N-dealkylation sites (N-methyl/N-ethyl adjacent to an activating group) is 1. The molecule has 0 atom stereocenters. The van der Waals surface area contributed by atoms with Crippen LogP contribution in [0.2, 0.25) is 0 Å². The van der Waals surface area contributed by atoms with Crippen molar-refractivity contribution >= 4 is 17.6 Å². The Bertz CT molecular complexity index is 606. The maximum atomic E-state index is 12.6. The van der Waals surface area contributed by atoms with Gasteiger partial charge in [0, 0.05) is 65.3 Å². The van der Waals surface area contributed by atoms with E-state index in [2.05, 4.69) is 26.8 Å². The fraction of sp³-hybridized carbons (Fsp3) is 0.625. The minimum absolute atomic E-state index is 0.0332. The molecule has 2 aliphatic heterocycles. The molecule has 24 heavy (non-hydrogen) atoms. The number of aromatic nitrogens is 2. The first-order valence-corrected chi connectivity index (χ1v) is 8.35. The molecule has 3 rings (SSSR count). The van der Waals surface area contributed by atoms with E-state index >= 15 is 0 Å². The molecule has 2 aliphatic rings. The summed E-state index contributed by atoms with van der Waals surface area (Å²) in [4.78, 5) is 40.5. The zero-order valence-electron chi connectivity index (χ0n) is 14.3. The van der Waals surface area contributed by atoms with Crippen molar-refractivity contribution in [2.75, 3.05) is 64.3 Å². The molecule has 0 unspecified atom stereocenters. The summed E-state index contributed by atoms with van der Waals surface area (Å²) in [5.41, 5.74) is 0.443. The summed E-state index contributed by atoms with van der Waals surface area (Å²) in [5, 5.41) is 0. The van der Waals surface area contributed by atoms with Gasteiger partial charge in [-0.15, -0.1) is 0 Å². The van der Waals surface area contributed by atoms with Gasteiger partial charge in [-0.1, -0.05) is 0 Å². The maximum absolute atomic E-state index is 12.6. The van der Waals surface area contributed by atoms with E-state index in [1.807, 2.05) is 9.80 Å². The van der Waals surface area contributed by atoms with E-state index in [0.717, 1.165) is 45.1 Å². The minimum Gasteiger partial charge on any atom is -0.353 e. The highest BCUT2D eigenvalue weighted by Gasteiger charge is 2.24. The van der Waals surface area contributed by atoms with Crippen LogP contribution in [0.4, 0.5) is 5.82 Å². The number of amides is 2. The van der Waals surface area contributed by atoms with Gasteiger partial charge in [0.2, 0.25) is 5.91 Å². The molecule has 0 spiro atoms. The summed E-state index contributed by atoms with van der Waals surface area (Å²) >= 11 is 0. The SMILES string of the molecule is CC(=O)N1CCN(c2cc(C(=O)N3CCN(C)CC3)ncn2)CC1. The molecule has 0 radical (unpaired) electrons. The van der Waals surface area contributed by atoms with Crippen LogP contribution >= 0.6 is 0 Å². The van der Waals surface area contributed by atoms with Crippen LogP contribution in [-0.2, 0) is 4.79 Å². The lowest BCUT2D eigenvalue weighted by Gasteiger charge is -2.35. The zero-order chi connectivity index (χ0) is 17.1. The number of carbonyl (C=O) groups is 2. The molecule has 1 aromatic heterocycles. The number of anilines is 1. The highest BCUT2D eigenvalue weighted by Crippen LogP contribution is 2.15. The Morgan fingerprint density at radius 1 is 0.917 bits per heavy atom. The van der Waals surface area contributed by atoms with Crippen LogP contribution in [0.5, 0.6) is 0 Å². The second-order valence-corrected chi connectivity index (χ2v) is 6.35. The average molecular weight is 332 g/mol. The molecular formula is C16H24N6O2. The first-order chi connectivity index (χ1) is 11.5. The Hall–Kier alpha value is -2.22. The van der Waals surface area contributed by atoms with Gasteiger partial charge in [-0.05, 0) is 7.05 Å².